The monoisotopic (exact) mass is 351 g/mol. The Morgan fingerprint density at radius 2 is 1.91 bits per heavy atom. The summed E-state index contributed by atoms with van der Waals surface area (Å²) in [6, 6.07) is -0.199. The van der Waals surface area contributed by atoms with Crippen molar-refractivity contribution in [3.05, 3.63) is 0 Å². The van der Waals surface area contributed by atoms with Crippen molar-refractivity contribution in [3.63, 3.8) is 0 Å². The van der Waals surface area contributed by atoms with Gasteiger partial charge in [-0.3, -0.25) is 0 Å². The Hall–Kier alpha value is -1.55. The van der Waals surface area contributed by atoms with E-state index >= 15 is 0 Å². The molecule has 9 nitrogen and oxygen atoms in total. The first-order valence-corrected chi connectivity index (χ1v) is 9.34. The molecule has 1 N–H and O–H groups in total. The lowest BCUT2D eigenvalue weighted by molar-refractivity contribution is 0.0885. The van der Waals surface area contributed by atoms with Crippen molar-refractivity contribution in [2.75, 3.05) is 46.2 Å². The lowest BCUT2D eigenvalue weighted by Crippen LogP contribution is -2.50. The minimum Gasteiger partial charge on any atom is -0.453 e. The van der Waals surface area contributed by atoms with Gasteiger partial charge in [0.05, 0.1) is 20.0 Å². The smallest absolute Gasteiger partial charge is 0.409 e. The first kappa shape index (κ1) is 19.5. The largest absolute Gasteiger partial charge is 0.453 e. The minimum absolute atomic E-state index is 0.165. The van der Waals surface area contributed by atoms with Gasteiger partial charge in [0, 0.05) is 32.2 Å². The number of alkyl carbamates (subject to hydrolysis) is 1. The molecule has 0 spiro atoms. The highest BCUT2D eigenvalue weighted by molar-refractivity contribution is 7.88. The van der Waals surface area contributed by atoms with Crippen molar-refractivity contribution in [3.8, 4) is 0 Å². The fourth-order valence-corrected chi connectivity index (χ4v) is 3.69. The summed E-state index contributed by atoms with van der Waals surface area (Å²) in [5, 5.41) is 2.47. The quantitative estimate of drug-likeness (QED) is 0.734. The van der Waals surface area contributed by atoms with Crippen LogP contribution in [0.3, 0.4) is 0 Å². The molecule has 1 aliphatic heterocycles. The average Bonchev–Trinajstić information content (AvgIpc) is 2.50. The summed E-state index contributed by atoms with van der Waals surface area (Å²) in [5.41, 5.74) is 0. The number of hydrogen-bond acceptors (Lipinski definition) is 6. The van der Waals surface area contributed by atoms with Crippen LogP contribution < -0.4 is 5.32 Å². The topological polar surface area (TPSA) is 105 Å². The first-order chi connectivity index (χ1) is 10.8. The zero-order valence-corrected chi connectivity index (χ0v) is 14.6. The predicted octanol–water partition coefficient (Wildman–Crippen LogP) is 0.225. The van der Waals surface area contributed by atoms with Crippen LogP contribution in [-0.4, -0.2) is 82.0 Å². The molecule has 1 saturated heterocycles. The van der Waals surface area contributed by atoms with Crippen molar-refractivity contribution in [2.45, 2.75) is 25.8 Å². The molecule has 0 radical (unpaired) electrons. The van der Waals surface area contributed by atoms with E-state index < -0.39 is 16.1 Å². The number of carbonyl (C=O) groups excluding carboxylic acids is 2. The van der Waals surface area contributed by atoms with Crippen LogP contribution in [0, 0.1) is 0 Å². The number of rotatable bonds is 6. The van der Waals surface area contributed by atoms with Crippen LogP contribution in [0.4, 0.5) is 9.59 Å². The van der Waals surface area contributed by atoms with E-state index in [0.29, 0.717) is 32.5 Å². The molecule has 1 heterocycles. The Morgan fingerprint density at radius 3 is 2.39 bits per heavy atom. The molecule has 2 amide bonds. The average molecular weight is 351 g/mol. The second-order valence-electron chi connectivity index (χ2n) is 5.21. The molecule has 0 unspecified atom stereocenters. The number of hydrogen-bond donors (Lipinski definition) is 1. The van der Waals surface area contributed by atoms with Gasteiger partial charge in [0.25, 0.3) is 0 Å². The molecule has 0 bridgehead atoms. The number of piperidine rings is 1. The second-order valence-corrected chi connectivity index (χ2v) is 7.14. The molecule has 1 fully saturated rings. The second kappa shape index (κ2) is 8.92. The third-order valence-electron chi connectivity index (χ3n) is 3.61. The highest BCUT2D eigenvalue weighted by Gasteiger charge is 2.31. The fraction of sp³-hybridized carbons (Fsp3) is 0.846. The van der Waals surface area contributed by atoms with Gasteiger partial charge in [0.1, 0.15) is 0 Å². The van der Waals surface area contributed by atoms with Gasteiger partial charge in [0.15, 0.2) is 0 Å². The molecule has 0 aliphatic carbocycles. The third kappa shape index (κ3) is 6.22. The van der Waals surface area contributed by atoms with Crippen molar-refractivity contribution < 1.29 is 27.5 Å². The van der Waals surface area contributed by atoms with E-state index in [0.717, 1.165) is 6.26 Å². The molecule has 0 aromatic carbocycles. The normalized spacial score (nSPS) is 16.3. The summed E-state index contributed by atoms with van der Waals surface area (Å²) in [4.78, 5) is 24.3. The van der Waals surface area contributed by atoms with Crippen LogP contribution in [0.25, 0.3) is 0 Å². The molecule has 0 atom stereocenters. The van der Waals surface area contributed by atoms with Crippen LogP contribution in [0.1, 0.15) is 19.8 Å². The maximum absolute atomic E-state index is 12.0. The number of likely N-dealkylation sites (tertiary alicyclic amines) is 1. The molecule has 23 heavy (non-hydrogen) atoms. The number of nitrogens with one attached hydrogen (secondary N) is 1. The molecular formula is C13H25N3O6S. The van der Waals surface area contributed by atoms with Gasteiger partial charge in [-0.25, -0.2) is 18.0 Å². The Labute approximate surface area is 136 Å². The van der Waals surface area contributed by atoms with Crippen molar-refractivity contribution >= 4 is 22.2 Å². The van der Waals surface area contributed by atoms with Crippen LogP contribution in [0.5, 0.6) is 0 Å². The van der Waals surface area contributed by atoms with Gasteiger partial charge in [-0.1, -0.05) is 0 Å². The lowest BCUT2D eigenvalue weighted by atomic mass is 10.1. The van der Waals surface area contributed by atoms with Crippen LogP contribution in [-0.2, 0) is 19.5 Å². The number of sulfonamides is 1. The summed E-state index contributed by atoms with van der Waals surface area (Å²) in [6.07, 6.45) is 1.23. The minimum atomic E-state index is -3.41. The zero-order valence-electron chi connectivity index (χ0n) is 13.8. The number of methoxy groups -OCH3 is 1. The molecule has 0 aromatic rings. The number of ether oxygens (including phenoxy) is 2. The zero-order chi connectivity index (χ0) is 17.5. The van der Waals surface area contributed by atoms with Gasteiger partial charge in [0.2, 0.25) is 10.0 Å². The van der Waals surface area contributed by atoms with Crippen LogP contribution in [0.2, 0.25) is 0 Å². The summed E-state index contributed by atoms with van der Waals surface area (Å²) >= 11 is 0. The maximum atomic E-state index is 12.0. The van der Waals surface area contributed by atoms with Gasteiger partial charge in [-0.15, -0.1) is 0 Å². The molecular weight excluding hydrogens is 326 g/mol. The number of carbonyl (C=O) groups is 2. The Balaban J connectivity index is 2.58. The fourth-order valence-electron chi connectivity index (χ4n) is 2.51. The summed E-state index contributed by atoms with van der Waals surface area (Å²) in [5.74, 6) is 0. The van der Waals surface area contributed by atoms with E-state index in [-0.39, 0.29) is 25.2 Å². The van der Waals surface area contributed by atoms with E-state index in [1.807, 2.05) is 0 Å². The molecule has 1 aliphatic rings. The lowest BCUT2D eigenvalue weighted by Gasteiger charge is -2.36. The highest BCUT2D eigenvalue weighted by Crippen LogP contribution is 2.19. The van der Waals surface area contributed by atoms with E-state index in [2.05, 4.69) is 10.1 Å². The van der Waals surface area contributed by atoms with Crippen LogP contribution >= 0.6 is 0 Å². The predicted molar refractivity (Wildman–Crippen MR) is 83.6 cm³/mol. The Morgan fingerprint density at radius 1 is 1.30 bits per heavy atom. The summed E-state index contributed by atoms with van der Waals surface area (Å²) in [7, 11) is -2.17. The maximum Gasteiger partial charge on any atom is 0.409 e. The van der Waals surface area contributed by atoms with Crippen molar-refractivity contribution in [2.24, 2.45) is 0 Å². The van der Waals surface area contributed by atoms with Crippen molar-refractivity contribution in [1.29, 1.82) is 0 Å². The SMILES string of the molecule is CCOC(=O)N1CCC(N(CCNC(=O)OC)S(C)(=O)=O)CC1. The van der Waals surface area contributed by atoms with E-state index in [1.165, 1.54) is 11.4 Å². The number of amides is 2. The number of nitrogens with zero attached hydrogens (tertiary/aromatic N) is 2. The first-order valence-electron chi connectivity index (χ1n) is 7.50. The molecule has 1 rings (SSSR count). The molecule has 134 valence electrons. The highest BCUT2D eigenvalue weighted by atomic mass is 32.2. The van der Waals surface area contributed by atoms with E-state index in [9.17, 15) is 18.0 Å². The summed E-state index contributed by atoms with van der Waals surface area (Å²) < 4.78 is 34.7. The van der Waals surface area contributed by atoms with Crippen LogP contribution in [0.15, 0.2) is 0 Å². The standard InChI is InChI=1S/C13H25N3O6S/c1-4-22-13(18)15-8-5-11(6-9-15)16(23(3,19)20)10-7-14-12(17)21-2/h11H,4-10H2,1-3H3,(H,14,17). The molecule has 0 aromatic heterocycles. The van der Waals surface area contributed by atoms with Gasteiger partial charge in [-0.05, 0) is 19.8 Å². The van der Waals surface area contributed by atoms with E-state index in [4.69, 9.17) is 4.74 Å². The molecule has 0 saturated carbocycles. The Bertz CT molecular complexity index is 502. The third-order valence-corrected chi connectivity index (χ3v) is 4.94. The van der Waals surface area contributed by atoms with Gasteiger partial charge >= 0.3 is 12.2 Å². The molecule has 10 heteroatoms. The van der Waals surface area contributed by atoms with Crippen molar-refractivity contribution in [1.82, 2.24) is 14.5 Å². The Kier molecular flexibility index (Phi) is 7.56. The van der Waals surface area contributed by atoms with Gasteiger partial charge < -0.3 is 19.7 Å². The van der Waals surface area contributed by atoms with Gasteiger partial charge in [-0.2, -0.15) is 4.31 Å². The van der Waals surface area contributed by atoms with E-state index in [1.54, 1.807) is 11.8 Å². The summed E-state index contributed by atoms with van der Waals surface area (Å²) in [6.45, 7) is 3.27.